The van der Waals surface area contributed by atoms with E-state index in [4.69, 9.17) is 0 Å². The van der Waals surface area contributed by atoms with Crippen LogP contribution < -0.4 is 0 Å². The van der Waals surface area contributed by atoms with Gasteiger partial charge in [0.15, 0.2) is 0 Å². The molecule has 4 rings (SSSR count). The van der Waals surface area contributed by atoms with E-state index in [-0.39, 0.29) is 5.91 Å². The molecule has 152 valence electrons. The highest BCUT2D eigenvalue weighted by Crippen LogP contribution is 2.26. The Morgan fingerprint density at radius 1 is 1.20 bits per heavy atom. The van der Waals surface area contributed by atoms with Gasteiger partial charge in [0.05, 0.1) is 23.3 Å². The van der Waals surface area contributed by atoms with Crippen LogP contribution in [0.4, 0.5) is 4.39 Å². The lowest BCUT2D eigenvalue weighted by molar-refractivity contribution is 0.0759. The molecule has 0 unspecified atom stereocenters. The van der Waals surface area contributed by atoms with Gasteiger partial charge in [0.2, 0.25) is 0 Å². The third kappa shape index (κ3) is 4.03. The second kappa shape index (κ2) is 8.36. The highest BCUT2D eigenvalue weighted by Gasteiger charge is 2.20. The van der Waals surface area contributed by atoms with Crippen molar-refractivity contribution in [2.75, 3.05) is 13.1 Å². The average molecular weight is 404 g/mol. The number of rotatable bonds is 6. The first-order valence-electron chi connectivity index (χ1n) is 9.71. The molecule has 4 aromatic rings. The highest BCUT2D eigenvalue weighted by atomic mass is 19.1. The van der Waals surface area contributed by atoms with E-state index in [0.717, 1.165) is 0 Å². The van der Waals surface area contributed by atoms with Gasteiger partial charge in [-0.3, -0.25) is 9.48 Å². The summed E-state index contributed by atoms with van der Waals surface area (Å²) in [4.78, 5) is 28.1. The van der Waals surface area contributed by atoms with E-state index in [9.17, 15) is 9.18 Å². The summed E-state index contributed by atoms with van der Waals surface area (Å²) in [7, 11) is 0. The van der Waals surface area contributed by atoms with Crippen molar-refractivity contribution in [1.82, 2.24) is 29.6 Å². The zero-order chi connectivity index (χ0) is 21.1. The molecule has 0 bridgehead atoms. The number of aryl methyl sites for hydroxylation is 1. The highest BCUT2D eigenvalue weighted by molar-refractivity contribution is 6.07. The summed E-state index contributed by atoms with van der Waals surface area (Å²) in [5.41, 5.74) is 2.08. The van der Waals surface area contributed by atoms with Crippen molar-refractivity contribution in [1.29, 1.82) is 0 Å². The van der Waals surface area contributed by atoms with Crippen LogP contribution in [0.25, 0.3) is 22.2 Å². The Bertz CT molecular complexity index is 1170. The molecule has 0 radical (unpaired) electrons. The lowest BCUT2D eigenvalue weighted by Gasteiger charge is -2.22. The number of carbonyl (C=O) groups is 1. The lowest BCUT2D eigenvalue weighted by atomic mass is 10.0. The number of hydrogen-bond acceptors (Lipinski definition) is 5. The van der Waals surface area contributed by atoms with Crippen LogP contribution in [0.2, 0.25) is 0 Å². The van der Waals surface area contributed by atoms with Crippen molar-refractivity contribution >= 4 is 16.8 Å². The molecule has 30 heavy (non-hydrogen) atoms. The number of carbonyl (C=O) groups excluding carboxylic acids is 1. The van der Waals surface area contributed by atoms with Gasteiger partial charge in [-0.2, -0.15) is 5.10 Å². The van der Waals surface area contributed by atoms with Crippen LogP contribution in [0, 0.1) is 12.7 Å². The standard InChI is InChI=1S/C22H21FN6O/c1-3-28(9-10-29-8-4-7-26-29)22(30)19-12-20(16-13-24-15(2)25-14-16)27-21-11-17(23)5-6-18(19)21/h4-8,11-14H,3,9-10H2,1-2H3. The van der Waals surface area contributed by atoms with E-state index < -0.39 is 5.82 Å². The smallest absolute Gasteiger partial charge is 0.254 e. The van der Waals surface area contributed by atoms with Crippen molar-refractivity contribution in [2.45, 2.75) is 20.4 Å². The van der Waals surface area contributed by atoms with Crippen LogP contribution in [-0.2, 0) is 6.54 Å². The summed E-state index contributed by atoms with van der Waals surface area (Å²) in [6.07, 6.45) is 6.87. The van der Waals surface area contributed by atoms with Gasteiger partial charge in [0, 0.05) is 54.9 Å². The minimum absolute atomic E-state index is 0.141. The monoisotopic (exact) mass is 404 g/mol. The van der Waals surface area contributed by atoms with Crippen molar-refractivity contribution in [3.8, 4) is 11.3 Å². The molecule has 0 atom stereocenters. The van der Waals surface area contributed by atoms with Gasteiger partial charge >= 0.3 is 0 Å². The zero-order valence-corrected chi connectivity index (χ0v) is 16.8. The maximum atomic E-state index is 13.9. The summed E-state index contributed by atoms with van der Waals surface area (Å²) in [5.74, 6) is 0.0901. The van der Waals surface area contributed by atoms with E-state index in [1.807, 2.05) is 19.2 Å². The second-order valence-electron chi connectivity index (χ2n) is 6.89. The van der Waals surface area contributed by atoms with Gasteiger partial charge in [-0.1, -0.05) is 0 Å². The number of pyridine rings is 1. The fourth-order valence-corrected chi connectivity index (χ4v) is 3.28. The molecule has 1 aromatic carbocycles. The van der Waals surface area contributed by atoms with Crippen LogP contribution >= 0.6 is 0 Å². The van der Waals surface area contributed by atoms with Gasteiger partial charge in [0.25, 0.3) is 5.91 Å². The largest absolute Gasteiger partial charge is 0.337 e. The van der Waals surface area contributed by atoms with E-state index in [0.29, 0.717) is 53.2 Å². The summed E-state index contributed by atoms with van der Waals surface area (Å²) >= 11 is 0. The summed E-state index contributed by atoms with van der Waals surface area (Å²) in [6, 6.07) is 7.86. The van der Waals surface area contributed by atoms with Crippen molar-refractivity contribution in [3.05, 3.63) is 72.3 Å². The van der Waals surface area contributed by atoms with Crippen LogP contribution in [0.1, 0.15) is 23.1 Å². The van der Waals surface area contributed by atoms with Gasteiger partial charge in [-0.05, 0) is 38.1 Å². The molecule has 3 heterocycles. The van der Waals surface area contributed by atoms with Crippen LogP contribution in [0.3, 0.4) is 0 Å². The molecule has 3 aromatic heterocycles. The maximum absolute atomic E-state index is 13.9. The number of likely N-dealkylation sites (N-methyl/N-ethyl adjacent to an activating group) is 1. The molecule has 0 aliphatic heterocycles. The Kier molecular flexibility index (Phi) is 5.47. The number of amides is 1. The Morgan fingerprint density at radius 2 is 2.00 bits per heavy atom. The minimum Gasteiger partial charge on any atom is -0.337 e. The molecule has 0 saturated heterocycles. The number of halogens is 1. The van der Waals surface area contributed by atoms with Crippen LogP contribution in [0.5, 0.6) is 0 Å². The Labute approximate surface area is 173 Å². The fourth-order valence-electron chi connectivity index (χ4n) is 3.28. The number of fused-ring (bicyclic) bond motifs is 1. The number of aromatic nitrogens is 5. The van der Waals surface area contributed by atoms with Crippen molar-refractivity contribution in [2.24, 2.45) is 0 Å². The fraction of sp³-hybridized carbons (Fsp3) is 0.227. The summed E-state index contributed by atoms with van der Waals surface area (Å²) in [6.45, 7) is 5.35. The topological polar surface area (TPSA) is 76.8 Å². The molecule has 8 heteroatoms. The molecule has 1 amide bonds. The Balaban J connectivity index is 1.75. The molecular weight excluding hydrogens is 383 g/mol. The molecule has 0 aliphatic rings. The first-order valence-corrected chi connectivity index (χ1v) is 9.71. The normalized spacial score (nSPS) is 11.0. The average Bonchev–Trinajstić information content (AvgIpc) is 3.27. The predicted molar refractivity (Wildman–Crippen MR) is 111 cm³/mol. The van der Waals surface area contributed by atoms with E-state index >= 15 is 0 Å². The molecule has 0 fully saturated rings. The third-order valence-corrected chi connectivity index (χ3v) is 4.91. The van der Waals surface area contributed by atoms with Gasteiger partial charge in [-0.25, -0.2) is 19.3 Å². The van der Waals surface area contributed by atoms with Gasteiger partial charge < -0.3 is 4.90 Å². The second-order valence-corrected chi connectivity index (χ2v) is 6.89. The summed E-state index contributed by atoms with van der Waals surface area (Å²) in [5, 5.41) is 4.80. The van der Waals surface area contributed by atoms with E-state index in [1.165, 1.54) is 12.1 Å². The maximum Gasteiger partial charge on any atom is 0.254 e. The van der Waals surface area contributed by atoms with E-state index in [2.05, 4.69) is 20.1 Å². The Hall–Kier alpha value is -3.68. The van der Waals surface area contributed by atoms with Crippen molar-refractivity contribution in [3.63, 3.8) is 0 Å². The number of benzene rings is 1. The third-order valence-electron chi connectivity index (χ3n) is 4.91. The van der Waals surface area contributed by atoms with Crippen LogP contribution in [-0.4, -0.2) is 48.6 Å². The number of hydrogen-bond donors (Lipinski definition) is 0. The van der Waals surface area contributed by atoms with Crippen molar-refractivity contribution < 1.29 is 9.18 Å². The molecule has 0 aliphatic carbocycles. The first kappa shape index (κ1) is 19.6. The minimum atomic E-state index is -0.406. The van der Waals surface area contributed by atoms with Crippen LogP contribution in [0.15, 0.2) is 55.1 Å². The zero-order valence-electron chi connectivity index (χ0n) is 16.8. The predicted octanol–water partition coefficient (Wildman–Crippen LogP) is 3.50. The first-order chi connectivity index (χ1) is 14.5. The molecule has 0 N–H and O–H groups in total. The number of nitrogens with zero attached hydrogens (tertiary/aromatic N) is 6. The molecular formula is C22H21FN6O. The quantitative estimate of drug-likeness (QED) is 0.492. The molecule has 7 nitrogen and oxygen atoms in total. The molecule has 0 spiro atoms. The Morgan fingerprint density at radius 3 is 2.70 bits per heavy atom. The SMILES string of the molecule is CCN(CCn1cccn1)C(=O)c1cc(-c2cnc(C)nc2)nc2cc(F)ccc12. The summed E-state index contributed by atoms with van der Waals surface area (Å²) < 4.78 is 15.7. The van der Waals surface area contributed by atoms with E-state index in [1.54, 1.807) is 47.2 Å². The van der Waals surface area contributed by atoms with Gasteiger partial charge in [0.1, 0.15) is 11.6 Å². The molecule has 0 saturated carbocycles. The lowest BCUT2D eigenvalue weighted by Crippen LogP contribution is -2.34. The van der Waals surface area contributed by atoms with Gasteiger partial charge in [-0.15, -0.1) is 0 Å².